The first-order valence-electron chi connectivity index (χ1n) is 5.12. The largest absolute Gasteiger partial charge is 0.308 e. The molecule has 0 spiro atoms. The molecule has 1 aliphatic rings. The Bertz CT molecular complexity index is 640. The molecule has 1 amide bonds. The molecule has 0 aliphatic carbocycles. The maximum Gasteiger partial charge on any atom is 0.276 e. The molecule has 3 rings (SSSR count). The van der Waals surface area contributed by atoms with E-state index in [2.05, 4.69) is 21.4 Å². The van der Waals surface area contributed by atoms with Gasteiger partial charge in [-0.25, -0.2) is 9.97 Å². The van der Waals surface area contributed by atoms with Crippen LogP contribution in [0.3, 0.4) is 0 Å². The number of nitriles is 1. The Morgan fingerprint density at radius 1 is 1.61 bits per heavy atom. The van der Waals surface area contributed by atoms with Crippen molar-refractivity contribution in [2.24, 2.45) is 0 Å². The van der Waals surface area contributed by atoms with Gasteiger partial charge in [0.05, 0.1) is 5.51 Å². The molecule has 90 valence electrons. The number of rotatable bonds is 2. The molecule has 2 aromatic rings. The normalized spacial score (nSPS) is 13.1. The van der Waals surface area contributed by atoms with Crippen LogP contribution in [0.4, 0.5) is 5.82 Å². The molecule has 0 saturated heterocycles. The van der Waals surface area contributed by atoms with Crippen LogP contribution < -0.4 is 5.32 Å². The van der Waals surface area contributed by atoms with Crippen LogP contribution in [0.2, 0.25) is 0 Å². The lowest BCUT2D eigenvalue weighted by atomic mass is 10.4. The van der Waals surface area contributed by atoms with Gasteiger partial charge in [0.1, 0.15) is 11.8 Å². The number of hydrogen-bond acceptors (Lipinski definition) is 6. The van der Waals surface area contributed by atoms with E-state index in [1.165, 1.54) is 11.3 Å². The number of nitrogens with one attached hydrogen (secondary N) is 1. The van der Waals surface area contributed by atoms with Crippen LogP contribution in [0, 0.1) is 11.3 Å². The zero-order valence-corrected chi connectivity index (χ0v) is 10.7. The van der Waals surface area contributed by atoms with Gasteiger partial charge in [-0.15, -0.1) is 11.3 Å². The van der Waals surface area contributed by atoms with Crippen molar-refractivity contribution < 1.29 is 4.79 Å². The summed E-state index contributed by atoms with van der Waals surface area (Å²) in [5.74, 6) is 0.893. The molecule has 0 fully saturated rings. The zero-order valence-electron chi connectivity index (χ0n) is 9.08. The minimum absolute atomic E-state index is 0.317. The number of aromatic nitrogens is 3. The molecule has 0 saturated carbocycles. The number of nitrogens with zero attached hydrogens (tertiary/aromatic N) is 4. The van der Waals surface area contributed by atoms with Crippen molar-refractivity contribution in [2.45, 2.75) is 11.7 Å². The number of thiazole rings is 1. The molecule has 0 atom stereocenters. The summed E-state index contributed by atoms with van der Waals surface area (Å²) in [5, 5.41) is 14.2. The number of imidazole rings is 1. The molecular formula is C10H7N5OS2. The van der Waals surface area contributed by atoms with E-state index in [4.69, 9.17) is 5.26 Å². The first kappa shape index (κ1) is 11.3. The number of anilines is 1. The van der Waals surface area contributed by atoms with Gasteiger partial charge in [-0.05, 0) is 0 Å². The summed E-state index contributed by atoms with van der Waals surface area (Å²) in [6.45, 7) is 0.752. The van der Waals surface area contributed by atoms with Gasteiger partial charge in [-0.3, -0.25) is 4.79 Å². The van der Waals surface area contributed by atoms with E-state index in [-0.39, 0.29) is 5.91 Å². The summed E-state index contributed by atoms with van der Waals surface area (Å²) in [7, 11) is 0. The summed E-state index contributed by atoms with van der Waals surface area (Å²) >= 11 is 2.92. The second-order valence-electron chi connectivity index (χ2n) is 3.53. The molecule has 0 bridgehead atoms. The Hall–Kier alpha value is -1.85. The van der Waals surface area contributed by atoms with Gasteiger partial charge in [0.2, 0.25) is 0 Å². The molecule has 1 aliphatic heterocycles. The highest BCUT2D eigenvalue weighted by atomic mass is 32.2. The third-order valence-corrected chi connectivity index (χ3v) is 4.02. The number of carbonyl (C=O) groups is 1. The minimum Gasteiger partial charge on any atom is -0.308 e. The van der Waals surface area contributed by atoms with E-state index in [1.54, 1.807) is 22.7 Å². The van der Waals surface area contributed by atoms with Gasteiger partial charge in [0.15, 0.2) is 16.7 Å². The van der Waals surface area contributed by atoms with Crippen LogP contribution >= 0.6 is 23.1 Å². The number of amides is 1. The number of carbonyl (C=O) groups excluding carboxylic acids is 1. The molecule has 2 aromatic heterocycles. The van der Waals surface area contributed by atoms with Crippen LogP contribution in [0.5, 0.6) is 0 Å². The predicted molar refractivity (Wildman–Crippen MR) is 67.7 cm³/mol. The van der Waals surface area contributed by atoms with Crippen molar-refractivity contribution in [3.05, 3.63) is 22.3 Å². The van der Waals surface area contributed by atoms with E-state index >= 15 is 0 Å². The second kappa shape index (κ2) is 4.44. The highest BCUT2D eigenvalue weighted by Crippen LogP contribution is 2.30. The van der Waals surface area contributed by atoms with Crippen LogP contribution in [0.1, 0.15) is 16.2 Å². The minimum atomic E-state index is -0.338. The topological polar surface area (TPSA) is 83.6 Å². The van der Waals surface area contributed by atoms with Gasteiger partial charge >= 0.3 is 0 Å². The number of fused-ring (bicyclic) bond motifs is 1. The van der Waals surface area contributed by atoms with E-state index in [1.807, 2.05) is 4.57 Å². The van der Waals surface area contributed by atoms with Crippen LogP contribution in [0.15, 0.2) is 16.0 Å². The smallest absolute Gasteiger partial charge is 0.276 e. The molecular weight excluding hydrogens is 270 g/mol. The van der Waals surface area contributed by atoms with E-state index in [9.17, 15) is 4.79 Å². The van der Waals surface area contributed by atoms with Crippen molar-refractivity contribution >= 4 is 34.8 Å². The number of hydrogen-bond donors (Lipinski definition) is 1. The van der Waals surface area contributed by atoms with Crippen molar-refractivity contribution in [1.82, 2.24) is 14.5 Å². The summed E-state index contributed by atoms with van der Waals surface area (Å²) in [5.41, 5.74) is 2.33. The summed E-state index contributed by atoms with van der Waals surface area (Å²) < 4.78 is 1.82. The zero-order chi connectivity index (χ0) is 12.5. The van der Waals surface area contributed by atoms with E-state index in [0.717, 1.165) is 17.5 Å². The summed E-state index contributed by atoms with van der Waals surface area (Å²) in [6.07, 6.45) is 0. The van der Waals surface area contributed by atoms with Crippen LogP contribution in [-0.4, -0.2) is 26.2 Å². The predicted octanol–water partition coefficient (Wildman–Crippen LogP) is 1.57. The molecule has 0 radical (unpaired) electrons. The second-order valence-corrected chi connectivity index (χ2v) is 5.31. The highest BCUT2D eigenvalue weighted by Gasteiger charge is 2.23. The Labute approximate surface area is 111 Å². The lowest BCUT2D eigenvalue weighted by Crippen LogP contribution is -2.14. The van der Waals surface area contributed by atoms with E-state index < -0.39 is 0 Å². The maximum atomic E-state index is 11.8. The van der Waals surface area contributed by atoms with Crippen molar-refractivity contribution in [3.8, 4) is 6.07 Å². The number of thioether (sulfide) groups is 1. The first-order valence-corrected chi connectivity index (χ1v) is 7.05. The molecule has 0 unspecified atom stereocenters. The average molecular weight is 277 g/mol. The highest BCUT2D eigenvalue weighted by molar-refractivity contribution is 7.99. The van der Waals surface area contributed by atoms with Crippen LogP contribution in [-0.2, 0) is 6.54 Å². The SMILES string of the molecule is N#Cc1c(NC(=O)c2cscn2)nc2n1CCS2. The summed E-state index contributed by atoms with van der Waals surface area (Å²) in [4.78, 5) is 20.0. The fourth-order valence-corrected chi connectivity index (χ4v) is 3.16. The fraction of sp³-hybridized carbons (Fsp3) is 0.200. The van der Waals surface area contributed by atoms with Gasteiger partial charge < -0.3 is 9.88 Å². The van der Waals surface area contributed by atoms with E-state index in [0.29, 0.717) is 17.2 Å². The molecule has 8 heteroatoms. The van der Waals surface area contributed by atoms with Crippen molar-refractivity contribution in [3.63, 3.8) is 0 Å². The lowest BCUT2D eigenvalue weighted by molar-refractivity contribution is 0.102. The third-order valence-electron chi connectivity index (χ3n) is 2.48. The van der Waals surface area contributed by atoms with Gasteiger partial charge in [0, 0.05) is 17.7 Å². The Morgan fingerprint density at radius 2 is 2.50 bits per heavy atom. The molecule has 18 heavy (non-hydrogen) atoms. The standard InChI is InChI=1S/C10H7N5OS2/c11-3-7-8(14-10-15(7)1-2-18-10)13-9(16)6-4-17-5-12-6/h4-5H,1-2H2,(H,13,16). The van der Waals surface area contributed by atoms with Gasteiger partial charge in [-0.2, -0.15) is 5.26 Å². The Kier molecular flexibility index (Phi) is 2.77. The first-order chi connectivity index (χ1) is 8.79. The quantitative estimate of drug-likeness (QED) is 0.900. The maximum absolute atomic E-state index is 11.8. The third kappa shape index (κ3) is 1.77. The summed E-state index contributed by atoms with van der Waals surface area (Å²) in [6, 6.07) is 2.08. The lowest BCUT2D eigenvalue weighted by Gasteiger charge is -2.00. The van der Waals surface area contributed by atoms with Crippen molar-refractivity contribution in [1.29, 1.82) is 5.26 Å². The fourth-order valence-electron chi connectivity index (χ4n) is 1.67. The van der Waals surface area contributed by atoms with Gasteiger partial charge in [0.25, 0.3) is 5.91 Å². The Morgan fingerprint density at radius 3 is 3.22 bits per heavy atom. The average Bonchev–Trinajstić information content (AvgIpc) is 3.04. The monoisotopic (exact) mass is 277 g/mol. The molecule has 0 aromatic carbocycles. The van der Waals surface area contributed by atoms with Crippen LogP contribution in [0.25, 0.3) is 0 Å². The Balaban J connectivity index is 1.90. The van der Waals surface area contributed by atoms with Gasteiger partial charge in [-0.1, -0.05) is 11.8 Å². The molecule has 3 heterocycles. The molecule has 6 nitrogen and oxygen atoms in total. The molecule has 1 N–H and O–H groups in total. The van der Waals surface area contributed by atoms with Crippen molar-refractivity contribution in [2.75, 3.05) is 11.1 Å².